The van der Waals surface area contributed by atoms with Crippen molar-refractivity contribution in [1.82, 2.24) is 15.5 Å². The molecule has 1 N–H and O–H groups in total. The highest BCUT2D eigenvalue weighted by molar-refractivity contribution is 5.08. The average Bonchev–Trinajstić information content (AvgIpc) is 2.80. The van der Waals surface area contributed by atoms with E-state index in [2.05, 4.69) is 15.5 Å². The predicted octanol–water partition coefficient (Wildman–Crippen LogP) is 1.91. The number of ether oxygens (including phenoxy) is 1. The smallest absolute Gasteiger partial charge is 0.243 e. The lowest BCUT2D eigenvalue weighted by Crippen LogP contribution is -2.37. The van der Waals surface area contributed by atoms with E-state index in [9.17, 15) is 0 Å². The van der Waals surface area contributed by atoms with Crippen LogP contribution >= 0.6 is 0 Å². The molecule has 0 amide bonds. The van der Waals surface area contributed by atoms with Gasteiger partial charge in [-0.15, -0.1) is 0 Å². The molecule has 1 aliphatic heterocycles. The molecule has 2 aliphatic rings. The normalized spacial score (nSPS) is 27.7. The first-order valence-corrected chi connectivity index (χ1v) is 6.47. The van der Waals surface area contributed by atoms with Crippen LogP contribution in [0.2, 0.25) is 0 Å². The van der Waals surface area contributed by atoms with Crippen molar-refractivity contribution in [2.45, 2.75) is 50.2 Å². The Labute approximate surface area is 101 Å². The van der Waals surface area contributed by atoms with Crippen LogP contribution in [0.4, 0.5) is 0 Å². The lowest BCUT2D eigenvalue weighted by molar-refractivity contribution is -0.0858. The molecule has 1 aliphatic carbocycles. The fourth-order valence-corrected chi connectivity index (χ4v) is 2.64. The Morgan fingerprint density at radius 3 is 2.82 bits per heavy atom. The molecule has 2 heterocycles. The fraction of sp³-hybridized carbons (Fsp3) is 0.833. The van der Waals surface area contributed by atoms with Crippen molar-refractivity contribution in [2.75, 3.05) is 13.7 Å². The number of rotatable bonds is 3. The summed E-state index contributed by atoms with van der Waals surface area (Å²) in [4.78, 5) is 4.53. The molecule has 0 aromatic carbocycles. The van der Waals surface area contributed by atoms with Gasteiger partial charge in [0, 0.05) is 7.11 Å². The second kappa shape index (κ2) is 4.38. The molecule has 1 atom stereocenters. The van der Waals surface area contributed by atoms with E-state index in [1.54, 1.807) is 7.11 Å². The van der Waals surface area contributed by atoms with Crippen molar-refractivity contribution in [3.05, 3.63) is 11.7 Å². The van der Waals surface area contributed by atoms with E-state index in [-0.39, 0.29) is 11.6 Å². The van der Waals surface area contributed by atoms with Crippen LogP contribution in [0.3, 0.4) is 0 Å². The Kier molecular flexibility index (Phi) is 2.88. The topological polar surface area (TPSA) is 60.2 Å². The molecule has 0 spiro atoms. The first-order valence-electron chi connectivity index (χ1n) is 6.47. The molecule has 0 bridgehead atoms. The lowest BCUT2D eigenvalue weighted by atomic mass is 9.79. The highest BCUT2D eigenvalue weighted by Crippen LogP contribution is 2.43. The fourth-order valence-electron chi connectivity index (χ4n) is 2.64. The minimum Gasteiger partial charge on any atom is -0.370 e. The van der Waals surface area contributed by atoms with Crippen LogP contribution in [0, 0.1) is 0 Å². The summed E-state index contributed by atoms with van der Waals surface area (Å²) in [6.45, 7) is 1.04. The highest BCUT2D eigenvalue weighted by atomic mass is 16.5. The molecule has 0 unspecified atom stereocenters. The van der Waals surface area contributed by atoms with Gasteiger partial charge < -0.3 is 14.6 Å². The molecule has 17 heavy (non-hydrogen) atoms. The van der Waals surface area contributed by atoms with Gasteiger partial charge in [0.2, 0.25) is 11.7 Å². The third kappa shape index (κ3) is 1.87. The van der Waals surface area contributed by atoms with E-state index >= 15 is 0 Å². The summed E-state index contributed by atoms with van der Waals surface area (Å²) >= 11 is 0. The maximum atomic E-state index is 5.56. The Morgan fingerprint density at radius 1 is 1.35 bits per heavy atom. The minimum absolute atomic E-state index is 0.235. The van der Waals surface area contributed by atoms with Gasteiger partial charge in [0.25, 0.3) is 0 Å². The molecule has 3 rings (SSSR count). The molecule has 5 heteroatoms. The lowest BCUT2D eigenvalue weighted by Gasteiger charge is -2.37. The zero-order valence-electron chi connectivity index (χ0n) is 10.2. The van der Waals surface area contributed by atoms with E-state index in [1.165, 1.54) is 19.3 Å². The maximum Gasteiger partial charge on any atom is 0.243 e. The third-order valence-electron chi connectivity index (χ3n) is 4.01. The van der Waals surface area contributed by atoms with Gasteiger partial charge in [-0.05, 0) is 38.6 Å². The van der Waals surface area contributed by atoms with E-state index in [1.807, 2.05) is 0 Å². The second-order valence-electron chi connectivity index (χ2n) is 5.01. The number of nitrogens with zero attached hydrogens (tertiary/aromatic N) is 2. The van der Waals surface area contributed by atoms with Gasteiger partial charge in [-0.2, -0.15) is 4.98 Å². The molecule has 94 valence electrons. The van der Waals surface area contributed by atoms with Crippen molar-refractivity contribution >= 4 is 0 Å². The molecule has 5 nitrogen and oxygen atoms in total. The molecular formula is C12H19N3O2. The van der Waals surface area contributed by atoms with Gasteiger partial charge in [-0.3, -0.25) is 0 Å². The Morgan fingerprint density at radius 2 is 2.24 bits per heavy atom. The minimum atomic E-state index is -0.267. The summed E-state index contributed by atoms with van der Waals surface area (Å²) in [6, 6.07) is 0.235. The molecule has 0 radical (unpaired) electrons. The Hall–Kier alpha value is -0.940. The Balaban J connectivity index is 1.77. The van der Waals surface area contributed by atoms with E-state index in [0.717, 1.165) is 37.5 Å². The number of hydrogen-bond donors (Lipinski definition) is 1. The number of aromatic nitrogens is 2. The standard InChI is InChI=1S/C12H19N3O2/c1-16-12(6-4-7-12)11-14-10(17-15-11)9-5-2-3-8-13-9/h9,13H,2-8H2,1H3/t9-/m1/s1. The van der Waals surface area contributed by atoms with Crippen molar-refractivity contribution in [1.29, 1.82) is 0 Å². The summed E-state index contributed by atoms with van der Waals surface area (Å²) in [5, 5.41) is 7.52. The van der Waals surface area contributed by atoms with Crippen LogP contribution in [0.25, 0.3) is 0 Å². The van der Waals surface area contributed by atoms with Gasteiger partial charge in [0.1, 0.15) is 5.60 Å². The van der Waals surface area contributed by atoms with Crippen molar-refractivity contribution in [3.63, 3.8) is 0 Å². The molecule has 1 aromatic rings. The third-order valence-corrected chi connectivity index (χ3v) is 4.01. The highest BCUT2D eigenvalue weighted by Gasteiger charge is 2.43. The summed E-state index contributed by atoms with van der Waals surface area (Å²) in [7, 11) is 1.73. The SMILES string of the molecule is COC1(c2noc([C@H]3CCCCN3)n2)CCC1. The zero-order chi connectivity index (χ0) is 11.7. The largest absolute Gasteiger partial charge is 0.370 e. The average molecular weight is 237 g/mol. The summed E-state index contributed by atoms with van der Waals surface area (Å²) in [6.07, 6.45) is 6.73. The van der Waals surface area contributed by atoms with Crippen LogP contribution in [0.1, 0.15) is 56.3 Å². The van der Waals surface area contributed by atoms with Crippen molar-refractivity contribution in [3.8, 4) is 0 Å². The number of nitrogens with one attached hydrogen (secondary N) is 1. The quantitative estimate of drug-likeness (QED) is 0.870. The molecule has 1 aromatic heterocycles. The molecular weight excluding hydrogens is 218 g/mol. The van der Waals surface area contributed by atoms with Gasteiger partial charge in [0.05, 0.1) is 6.04 Å². The van der Waals surface area contributed by atoms with E-state index < -0.39 is 0 Å². The van der Waals surface area contributed by atoms with E-state index in [0.29, 0.717) is 0 Å². The van der Waals surface area contributed by atoms with Crippen LogP contribution < -0.4 is 5.32 Å². The van der Waals surface area contributed by atoms with Crippen molar-refractivity contribution < 1.29 is 9.26 Å². The number of piperidine rings is 1. The predicted molar refractivity (Wildman–Crippen MR) is 61.4 cm³/mol. The number of methoxy groups -OCH3 is 1. The van der Waals surface area contributed by atoms with E-state index in [4.69, 9.17) is 9.26 Å². The first-order chi connectivity index (χ1) is 8.34. The van der Waals surface area contributed by atoms with Crippen LogP contribution in [0.5, 0.6) is 0 Å². The monoisotopic (exact) mass is 237 g/mol. The van der Waals surface area contributed by atoms with Crippen LogP contribution in [-0.4, -0.2) is 23.8 Å². The molecule has 2 fully saturated rings. The molecule has 1 saturated heterocycles. The second-order valence-corrected chi connectivity index (χ2v) is 5.01. The Bertz CT molecular complexity index is 375. The van der Waals surface area contributed by atoms with Crippen LogP contribution in [-0.2, 0) is 10.3 Å². The first kappa shape index (κ1) is 11.2. The molecule has 1 saturated carbocycles. The van der Waals surface area contributed by atoms with Crippen LogP contribution in [0.15, 0.2) is 4.52 Å². The van der Waals surface area contributed by atoms with Gasteiger partial charge in [-0.1, -0.05) is 11.6 Å². The zero-order valence-corrected chi connectivity index (χ0v) is 10.2. The number of hydrogen-bond acceptors (Lipinski definition) is 5. The summed E-state index contributed by atoms with van der Waals surface area (Å²) in [5.41, 5.74) is -0.267. The summed E-state index contributed by atoms with van der Waals surface area (Å²) < 4.78 is 10.9. The van der Waals surface area contributed by atoms with Gasteiger partial charge in [-0.25, -0.2) is 0 Å². The van der Waals surface area contributed by atoms with Gasteiger partial charge in [0.15, 0.2) is 0 Å². The summed E-state index contributed by atoms with van der Waals surface area (Å²) in [5.74, 6) is 1.46. The van der Waals surface area contributed by atoms with Crippen molar-refractivity contribution in [2.24, 2.45) is 0 Å². The van der Waals surface area contributed by atoms with Gasteiger partial charge >= 0.3 is 0 Å². The maximum absolute atomic E-state index is 5.56.